The van der Waals surface area contributed by atoms with Gasteiger partial charge in [-0.3, -0.25) is 10.0 Å². The van der Waals surface area contributed by atoms with Crippen molar-refractivity contribution in [1.29, 1.82) is 0 Å². The molecular formula is C17H16Cl2N2O2. The summed E-state index contributed by atoms with van der Waals surface area (Å²) in [7, 11) is 0. The van der Waals surface area contributed by atoms with Crippen LogP contribution in [0, 0.1) is 0 Å². The molecule has 0 atom stereocenters. The lowest BCUT2D eigenvalue weighted by Gasteiger charge is -2.27. The lowest BCUT2D eigenvalue weighted by atomic mass is 10.1. The van der Waals surface area contributed by atoms with Gasteiger partial charge >= 0.3 is 0 Å². The molecule has 0 aliphatic rings. The first-order chi connectivity index (χ1) is 11.1. The second-order valence-electron chi connectivity index (χ2n) is 4.81. The fourth-order valence-electron chi connectivity index (χ4n) is 2.32. The normalized spacial score (nSPS) is 10.2. The van der Waals surface area contributed by atoms with Crippen molar-refractivity contribution in [2.75, 3.05) is 11.4 Å². The molecule has 2 aromatic rings. The fourth-order valence-corrected chi connectivity index (χ4v) is 2.92. The zero-order valence-electron chi connectivity index (χ0n) is 12.3. The van der Waals surface area contributed by atoms with E-state index in [1.165, 1.54) is 0 Å². The number of hydrogen-bond acceptors (Lipinski definition) is 3. The number of hydrogen-bond donors (Lipinski definition) is 2. The Bertz CT molecular complexity index is 699. The third-order valence-corrected chi connectivity index (χ3v) is 3.89. The van der Waals surface area contributed by atoms with Crippen molar-refractivity contribution in [3.05, 3.63) is 70.7 Å². The van der Waals surface area contributed by atoms with Gasteiger partial charge in [-0.1, -0.05) is 53.5 Å². The van der Waals surface area contributed by atoms with E-state index in [1.807, 2.05) is 29.2 Å². The van der Waals surface area contributed by atoms with E-state index in [9.17, 15) is 4.79 Å². The van der Waals surface area contributed by atoms with Crippen LogP contribution in [-0.4, -0.2) is 17.7 Å². The van der Waals surface area contributed by atoms with Crippen molar-refractivity contribution in [3.8, 4) is 0 Å². The molecule has 0 heterocycles. The minimum absolute atomic E-state index is 0.0301. The molecule has 0 radical (unpaired) electrons. The summed E-state index contributed by atoms with van der Waals surface area (Å²) < 4.78 is 0. The van der Waals surface area contributed by atoms with Gasteiger partial charge in [0.2, 0.25) is 5.91 Å². The SMILES string of the molecule is C=CCN(c1ccccc1CC(=O)NO)c1c(Cl)cccc1Cl. The van der Waals surface area contributed by atoms with Crippen LogP contribution in [0.3, 0.4) is 0 Å². The number of rotatable bonds is 6. The molecule has 0 fully saturated rings. The Morgan fingerprint density at radius 1 is 1.17 bits per heavy atom. The van der Waals surface area contributed by atoms with E-state index in [1.54, 1.807) is 29.8 Å². The Kier molecular flexibility index (Phi) is 6.04. The van der Waals surface area contributed by atoms with Crippen LogP contribution in [0.25, 0.3) is 0 Å². The molecule has 0 bridgehead atoms. The Balaban J connectivity index is 2.54. The summed E-state index contributed by atoms with van der Waals surface area (Å²) in [6.07, 6.45) is 1.75. The van der Waals surface area contributed by atoms with E-state index >= 15 is 0 Å². The van der Waals surface area contributed by atoms with Gasteiger partial charge in [-0.2, -0.15) is 0 Å². The first-order valence-electron chi connectivity index (χ1n) is 6.91. The van der Waals surface area contributed by atoms with Crippen LogP contribution in [0.5, 0.6) is 0 Å². The Morgan fingerprint density at radius 2 is 1.83 bits per heavy atom. The number of para-hydroxylation sites is 2. The molecule has 2 rings (SSSR count). The van der Waals surface area contributed by atoms with Gasteiger partial charge in [0.1, 0.15) is 0 Å². The van der Waals surface area contributed by atoms with Gasteiger partial charge in [0.05, 0.1) is 22.2 Å². The number of amides is 1. The summed E-state index contributed by atoms with van der Waals surface area (Å²) in [6, 6.07) is 12.6. The fraction of sp³-hybridized carbons (Fsp3) is 0.118. The quantitative estimate of drug-likeness (QED) is 0.462. The Hall–Kier alpha value is -2.01. The number of nitrogens with one attached hydrogen (secondary N) is 1. The predicted octanol–water partition coefficient (Wildman–Crippen LogP) is 4.37. The molecule has 0 saturated heterocycles. The zero-order chi connectivity index (χ0) is 16.8. The van der Waals surface area contributed by atoms with E-state index in [4.69, 9.17) is 28.4 Å². The number of hydroxylamine groups is 1. The molecule has 120 valence electrons. The number of carbonyl (C=O) groups is 1. The van der Waals surface area contributed by atoms with Crippen LogP contribution in [0.4, 0.5) is 11.4 Å². The summed E-state index contributed by atoms with van der Waals surface area (Å²) >= 11 is 12.6. The van der Waals surface area contributed by atoms with Crippen molar-refractivity contribution < 1.29 is 10.0 Å². The van der Waals surface area contributed by atoms with Crippen molar-refractivity contribution in [3.63, 3.8) is 0 Å². The first kappa shape index (κ1) is 17.3. The molecule has 23 heavy (non-hydrogen) atoms. The highest BCUT2D eigenvalue weighted by Crippen LogP contribution is 2.39. The highest BCUT2D eigenvalue weighted by Gasteiger charge is 2.18. The average molecular weight is 351 g/mol. The van der Waals surface area contributed by atoms with Crippen molar-refractivity contribution in [1.82, 2.24) is 5.48 Å². The van der Waals surface area contributed by atoms with Gasteiger partial charge in [0, 0.05) is 12.2 Å². The topological polar surface area (TPSA) is 52.6 Å². The van der Waals surface area contributed by atoms with E-state index in [0.717, 1.165) is 11.3 Å². The molecule has 0 saturated carbocycles. The maximum Gasteiger partial charge on any atom is 0.247 e. The molecule has 0 aromatic heterocycles. The van der Waals surface area contributed by atoms with E-state index in [0.29, 0.717) is 22.3 Å². The molecule has 6 heteroatoms. The zero-order valence-corrected chi connectivity index (χ0v) is 13.8. The van der Waals surface area contributed by atoms with Crippen LogP contribution in [0.15, 0.2) is 55.1 Å². The third kappa shape index (κ3) is 4.05. The molecule has 4 nitrogen and oxygen atoms in total. The standard InChI is InChI=1S/C17H16Cl2N2O2/c1-2-10-21(17-13(18)7-5-8-14(17)19)15-9-4-3-6-12(15)11-16(22)20-23/h2-9,23H,1,10-11H2,(H,20,22). The van der Waals surface area contributed by atoms with Gasteiger partial charge < -0.3 is 4.90 Å². The molecule has 0 spiro atoms. The van der Waals surface area contributed by atoms with Gasteiger partial charge in [-0.15, -0.1) is 6.58 Å². The summed E-state index contributed by atoms with van der Waals surface area (Å²) in [4.78, 5) is 13.4. The van der Waals surface area contributed by atoms with Gasteiger partial charge in [-0.25, -0.2) is 5.48 Å². The minimum atomic E-state index is -0.499. The number of benzene rings is 2. The minimum Gasteiger partial charge on any atom is -0.335 e. The van der Waals surface area contributed by atoms with Gasteiger partial charge in [0.15, 0.2) is 0 Å². The number of carbonyl (C=O) groups excluding carboxylic acids is 1. The molecule has 2 N–H and O–H groups in total. The van der Waals surface area contributed by atoms with Crippen LogP contribution in [-0.2, 0) is 11.2 Å². The van der Waals surface area contributed by atoms with Crippen LogP contribution in [0.1, 0.15) is 5.56 Å². The molecular weight excluding hydrogens is 335 g/mol. The van der Waals surface area contributed by atoms with Crippen LogP contribution < -0.4 is 10.4 Å². The van der Waals surface area contributed by atoms with Crippen molar-refractivity contribution in [2.45, 2.75) is 6.42 Å². The maximum absolute atomic E-state index is 11.5. The summed E-state index contributed by atoms with van der Waals surface area (Å²) in [5.74, 6) is -0.499. The van der Waals surface area contributed by atoms with Crippen molar-refractivity contribution in [2.24, 2.45) is 0 Å². The highest BCUT2D eigenvalue weighted by atomic mass is 35.5. The van der Waals surface area contributed by atoms with Crippen LogP contribution >= 0.6 is 23.2 Å². The van der Waals surface area contributed by atoms with E-state index < -0.39 is 5.91 Å². The van der Waals surface area contributed by atoms with Gasteiger partial charge in [-0.05, 0) is 23.8 Å². The third-order valence-electron chi connectivity index (χ3n) is 3.28. The van der Waals surface area contributed by atoms with Crippen LogP contribution in [0.2, 0.25) is 10.0 Å². The lowest BCUT2D eigenvalue weighted by Crippen LogP contribution is -2.24. The molecule has 0 aliphatic carbocycles. The number of halogens is 2. The predicted molar refractivity (Wildman–Crippen MR) is 93.7 cm³/mol. The molecule has 1 amide bonds. The first-order valence-corrected chi connectivity index (χ1v) is 7.67. The van der Waals surface area contributed by atoms with Crippen molar-refractivity contribution >= 4 is 40.5 Å². The summed E-state index contributed by atoms with van der Waals surface area (Å²) in [5, 5.41) is 9.76. The van der Waals surface area contributed by atoms with E-state index in [2.05, 4.69) is 6.58 Å². The molecule has 0 aliphatic heterocycles. The van der Waals surface area contributed by atoms with E-state index in [-0.39, 0.29) is 6.42 Å². The second kappa shape index (κ2) is 8.02. The smallest absolute Gasteiger partial charge is 0.247 e. The van der Waals surface area contributed by atoms with Gasteiger partial charge in [0.25, 0.3) is 0 Å². The number of nitrogens with zero attached hydrogens (tertiary/aromatic N) is 1. The molecule has 2 aromatic carbocycles. The Morgan fingerprint density at radius 3 is 2.43 bits per heavy atom. The highest BCUT2D eigenvalue weighted by molar-refractivity contribution is 6.39. The lowest BCUT2D eigenvalue weighted by molar-refractivity contribution is -0.128. The average Bonchev–Trinajstić information content (AvgIpc) is 2.54. The second-order valence-corrected chi connectivity index (χ2v) is 5.62. The summed E-state index contributed by atoms with van der Waals surface area (Å²) in [5.41, 5.74) is 3.79. The monoisotopic (exact) mass is 350 g/mol. The number of anilines is 2. The Labute approximate surface area is 144 Å². The molecule has 0 unspecified atom stereocenters. The maximum atomic E-state index is 11.5. The largest absolute Gasteiger partial charge is 0.335 e. The summed E-state index contributed by atoms with van der Waals surface area (Å²) in [6.45, 7) is 4.23.